The third-order valence-electron chi connectivity index (χ3n) is 6.23. The van der Waals surface area contributed by atoms with Gasteiger partial charge in [0.15, 0.2) is 0 Å². The van der Waals surface area contributed by atoms with Crippen molar-refractivity contribution in [2.45, 2.75) is 143 Å². The molecule has 1 aliphatic heterocycles. The highest BCUT2D eigenvalue weighted by Gasteiger charge is 2.58. The standard InChI is InChI=1S/C13H28O3Si.C12H26/c1-5-13(14-6-2)11-9-10-12-17(13,15-7-3)16-8-4;1-3-5-7-9-11-12-10-8-6-4-2/h5-12H2,1-4H3;3-12H2,1-2H3. The van der Waals surface area contributed by atoms with Crippen LogP contribution in [0.1, 0.15) is 131 Å². The van der Waals surface area contributed by atoms with Crippen LogP contribution in [0.5, 0.6) is 0 Å². The summed E-state index contributed by atoms with van der Waals surface area (Å²) in [6.45, 7) is 15.2. The van der Waals surface area contributed by atoms with Gasteiger partial charge < -0.3 is 13.6 Å². The number of ether oxygens (including phenoxy) is 1. The molecule has 3 nitrogen and oxygen atoms in total. The van der Waals surface area contributed by atoms with Gasteiger partial charge in [0.05, 0.1) is 0 Å². The van der Waals surface area contributed by atoms with Crippen LogP contribution in [-0.4, -0.2) is 33.6 Å². The molecule has 1 rings (SSSR count). The highest BCUT2D eigenvalue weighted by Crippen LogP contribution is 2.42. The Balaban J connectivity index is 0.000000578. The van der Waals surface area contributed by atoms with Gasteiger partial charge in [0, 0.05) is 19.8 Å². The van der Waals surface area contributed by atoms with E-state index < -0.39 is 8.56 Å². The van der Waals surface area contributed by atoms with Gasteiger partial charge in [0.1, 0.15) is 5.22 Å². The molecule has 0 aliphatic carbocycles. The van der Waals surface area contributed by atoms with Crippen LogP contribution in [0.15, 0.2) is 0 Å². The SMILES string of the molecule is CCCCCCCCCCCC.CCOC1(CC)CCCC[Si]1(OCC)OCC. The van der Waals surface area contributed by atoms with Crippen molar-refractivity contribution in [3.05, 3.63) is 0 Å². The molecule has 0 N–H and O–H groups in total. The van der Waals surface area contributed by atoms with Gasteiger partial charge in [0.2, 0.25) is 0 Å². The van der Waals surface area contributed by atoms with E-state index in [-0.39, 0.29) is 5.22 Å². The molecule has 0 amide bonds. The van der Waals surface area contributed by atoms with E-state index in [1.807, 2.05) is 0 Å². The van der Waals surface area contributed by atoms with Crippen molar-refractivity contribution in [1.82, 2.24) is 0 Å². The number of hydrogen-bond donors (Lipinski definition) is 0. The lowest BCUT2D eigenvalue weighted by Crippen LogP contribution is -2.65. The second-order valence-electron chi connectivity index (χ2n) is 8.44. The minimum absolute atomic E-state index is 0.119. The average Bonchev–Trinajstić information content (AvgIpc) is 2.73. The highest BCUT2D eigenvalue weighted by molar-refractivity contribution is 6.70. The fourth-order valence-corrected chi connectivity index (χ4v) is 9.13. The Labute approximate surface area is 184 Å². The maximum Gasteiger partial charge on any atom is 0.371 e. The molecule has 29 heavy (non-hydrogen) atoms. The van der Waals surface area contributed by atoms with Crippen LogP contribution < -0.4 is 0 Å². The summed E-state index contributed by atoms with van der Waals surface area (Å²) in [5.41, 5.74) is 0. The normalized spacial score (nSPS) is 20.9. The third kappa shape index (κ3) is 10.8. The van der Waals surface area contributed by atoms with Gasteiger partial charge in [-0.05, 0) is 39.7 Å². The van der Waals surface area contributed by atoms with Crippen LogP contribution >= 0.6 is 0 Å². The van der Waals surface area contributed by atoms with E-state index >= 15 is 0 Å². The smallest absolute Gasteiger partial charge is 0.371 e. The molecule has 176 valence electrons. The van der Waals surface area contributed by atoms with Gasteiger partial charge in [-0.2, -0.15) is 0 Å². The Morgan fingerprint density at radius 2 is 1.10 bits per heavy atom. The molecular weight excluding hydrogens is 376 g/mol. The van der Waals surface area contributed by atoms with Crippen LogP contribution in [-0.2, 0) is 13.6 Å². The molecule has 1 saturated heterocycles. The second kappa shape index (κ2) is 18.8. The minimum Gasteiger partial charge on any atom is -0.393 e. The number of unbranched alkanes of at least 4 members (excludes halogenated alkanes) is 9. The molecule has 0 bridgehead atoms. The Hall–Kier alpha value is 0.0969. The minimum atomic E-state index is -2.21. The summed E-state index contributed by atoms with van der Waals surface area (Å²) < 4.78 is 18.5. The van der Waals surface area contributed by atoms with Crippen molar-refractivity contribution >= 4 is 8.56 Å². The summed E-state index contributed by atoms with van der Waals surface area (Å²) in [6, 6.07) is 1.09. The van der Waals surface area contributed by atoms with Gasteiger partial charge in [0.25, 0.3) is 0 Å². The molecule has 1 atom stereocenters. The molecule has 0 radical (unpaired) electrons. The molecule has 0 aromatic rings. The quantitative estimate of drug-likeness (QED) is 0.182. The molecule has 0 spiro atoms. The number of rotatable bonds is 16. The summed E-state index contributed by atoms with van der Waals surface area (Å²) in [4.78, 5) is 0. The van der Waals surface area contributed by atoms with Crippen LogP contribution in [0.25, 0.3) is 0 Å². The average molecular weight is 431 g/mol. The zero-order chi connectivity index (χ0) is 21.8. The molecule has 1 aliphatic rings. The first-order valence-electron chi connectivity index (χ1n) is 13.0. The molecular formula is C25H54O3Si. The number of hydrogen-bond acceptors (Lipinski definition) is 3. The maximum absolute atomic E-state index is 6.16. The van der Waals surface area contributed by atoms with Crippen molar-refractivity contribution in [3.63, 3.8) is 0 Å². The predicted molar refractivity (Wildman–Crippen MR) is 130 cm³/mol. The van der Waals surface area contributed by atoms with E-state index in [0.717, 1.165) is 38.7 Å². The monoisotopic (exact) mass is 430 g/mol. The van der Waals surface area contributed by atoms with Gasteiger partial charge in [-0.1, -0.05) is 97.8 Å². The Kier molecular flexibility index (Phi) is 18.9. The Morgan fingerprint density at radius 1 is 0.621 bits per heavy atom. The van der Waals surface area contributed by atoms with Crippen LogP contribution in [0.3, 0.4) is 0 Å². The van der Waals surface area contributed by atoms with Crippen molar-refractivity contribution in [2.24, 2.45) is 0 Å². The molecule has 4 heteroatoms. The first kappa shape index (κ1) is 29.1. The Bertz CT molecular complexity index is 325. The summed E-state index contributed by atoms with van der Waals surface area (Å²) in [6.07, 6.45) is 19.0. The van der Waals surface area contributed by atoms with Gasteiger partial charge in [-0.15, -0.1) is 0 Å². The first-order chi connectivity index (χ1) is 14.1. The lowest BCUT2D eigenvalue weighted by molar-refractivity contribution is -0.0426. The molecule has 1 unspecified atom stereocenters. The van der Waals surface area contributed by atoms with E-state index in [1.54, 1.807) is 0 Å². The highest BCUT2D eigenvalue weighted by atomic mass is 28.4. The fourth-order valence-electron chi connectivity index (χ4n) is 4.67. The fraction of sp³-hybridized carbons (Fsp3) is 1.00. The Morgan fingerprint density at radius 3 is 1.48 bits per heavy atom. The first-order valence-corrected chi connectivity index (χ1v) is 15.1. The van der Waals surface area contributed by atoms with Gasteiger partial charge >= 0.3 is 8.56 Å². The summed E-state index contributed by atoms with van der Waals surface area (Å²) in [7, 11) is -2.21. The van der Waals surface area contributed by atoms with E-state index in [0.29, 0.717) is 0 Å². The zero-order valence-corrected chi connectivity index (χ0v) is 22.0. The van der Waals surface area contributed by atoms with Crippen molar-refractivity contribution in [1.29, 1.82) is 0 Å². The molecule has 1 fully saturated rings. The van der Waals surface area contributed by atoms with Crippen molar-refractivity contribution < 1.29 is 13.6 Å². The summed E-state index contributed by atoms with van der Waals surface area (Å²) in [5.74, 6) is 0. The summed E-state index contributed by atoms with van der Waals surface area (Å²) in [5, 5.41) is -0.119. The zero-order valence-electron chi connectivity index (χ0n) is 21.0. The van der Waals surface area contributed by atoms with E-state index in [9.17, 15) is 0 Å². The van der Waals surface area contributed by atoms with E-state index in [4.69, 9.17) is 13.6 Å². The lowest BCUT2D eigenvalue weighted by atomic mass is 10.1. The molecule has 0 saturated carbocycles. The van der Waals surface area contributed by atoms with Crippen LogP contribution in [0.2, 0.25) is 6.04 Å². The van der Waals surface area contributed by atoms with Crippen LogP contribution in [0, 0.1) is 0 Å². The molecule has 0 aromatic heterocycles. The predicted octanol–water partition coefficient (Wildman–Crippen LogP) is 8.34. The van der Waals surface area contributed by atoms with Gasteiger partial charge in [-0.3, -0.25) is 0 Å². The van der Waals surface area contributed by atoms with Crippen molar-refractivity contribution in [2.75, 3.05) is 19.8 Å². The molecule has 1 heterocycles. The second-order valence-corrected chi connectivity index (χ2v) is 11.9. The van der Waals surface area contributed by atoms with Crippen LogP contribution in [0.4, 0.5) is 0 Å². The van der Waals surface area contributed by atoms with Gasteiger partial charge in [-0.25, -0.2) is 0 Å². The van der Waals surface area contributed by atoms with Crippen molar-refractivity contribution in [3.8, 4) is 0 Å². The van der Waals surface area contributed by atoms with E-state index in [1.165, 1.54) is 77.0 Å². The lowest BCUT2D eigenvalue weighted by Gasteiger charge is -2.49. The topological polar surface area (TPSA) is 27.7 Å². The largest absolute Gasteiger partial charge is 0.393 e. The third-order valence-corrected chi connectivity index (χ3v) is 10.9. The van der Waals surface area contributed by atoms with E-state index in [2.05, 4.69) is 41.5 Å². The maximum atomic E-state index is 6.16. The summed E-state index contributed by atoms with van der Waals surface area (Å²) >= 11 is 0. The molecule has 0 aromatic carbocycles.